The van der Waals surface area contributed by atoms with Crippen LogP contribution in [-0.2, 0) is 4.74 Å². The van der Waals surface area contributed by atoms with Gasteiger partial charge in [0.1, 0.15) is 11.6 Å². The summed E-state index contributed by atoms with van der Waals surface area (Å²) in [5.74, 6) is 1.03. The van der Waals surface area contributed by atoms with Crippen molar-refractivity contribution < 1.29 is 14.3 Å². The van der Waals surface area contributed by atoms with Crippen molar-refractivity contribution in [2.24, 2.45) is 0 Å². The van der Waals surface area contributed by atoms with Gasteiger partial charge in [-0.15, -0.1) is 0 Å². The molecule has 0 aliphatic carbocycles. The molecule has 8 nitrogen and oxygen atoms in total. The Morgan fingerprint density at radius 1 is 0.833 bits per heavy atom. The van der Waals surface area contributed by atoms with Crippen LogP contribution in [0.2, 0.25) is 0 Å². The summed E-state index contributed by atoms with van der Waals surface area (Å²) in [5, 5.41) is 4.59. The van der Waals surface area contributed by atoms with E-state index in [1.807, 2.05) is 48.7 Å². The van der Waals surface area contributed by atoms with E-state index < -0.39 is 5.97 Å². The fourth-order valence-electron chi connectivity index (χ4n) is 4.47. The standard InChI is InChI=1S/C28H27N5O3/c1-2-36-28(35)22-11-5-6-12-24(22)31-27(34)23-19-30-26(21-10-4-3-9-20(21)23)33-17-15-32(16-18-33)25-13-7-8-14-29-25/h3-14,19H,2,15-18H2,1H3,(H,31,34). The Morgan fingerprint density at radius 3 is 2.28 bits per heavy atom. The number of anilines is 3. The Balaban J connectivity index is 1.39. The zero-order chi connectivity index (χ0) is 24.9. The van der Waals surface area contributed by atoms with Crippen molar-refractivity contribution in [1.29, 1.82) is 0 Å². The summed E-state index contributed by atoms with van der Waals surface area (Å²) in [6.07, 6.45) is 3.43. The fourth-order valence-corrected chi connectivity index (χ4v) is 4.47. The highest BCUT2D eigenvalue weighted by Gasteiger charge is 2.23. The number of rotatable bonds is 6. The Hall–Kier alpha value is -4.46. The number of hydrogen-bond acceptors (Lipinski definition) is 7. The summed E-state index contributed by atoms with van der Waals surface area (Å²) < 4.78 is 5.13. The molecule has 5 rings (SSSR count). The topological polar surface area (TPSA) is 87.7 Å². The Kier molecular flexibility index (Phi) is 6.75. The average Bonchev–Trinajstić information content (AvgIpc) is 2.93. The number of nitrogens with zero attached hydrogens (tertiary/aromatic N) is 4. The molecule has 0 radical (unpaired) electrons. The summed E-state index contributed by atoms with van der Waals surface area (Å²) in [7, 11) is 0. The Labute approximate surface area is 209 Å². The van der Waals surface area contributed by atoms with Gasteiger partial charge < -0.3 is 19.9 Å². The summed E-state index contributed by atoms with van der Waals surface area (Å²) in [6.45, 7) is 5.27. The number of ether oxygens (including phenoxy) is 1. The van der Waals surface area contributed by atoms with E-state index in [4.69, 9.17) is 9.72 Å². The predicted molar refractivity (Wildman–Crippen MR) is 141 cm³/mol. The highest BCUT2D eigenvalue weighted by molar-refractivity contribution is 6.15. The molecule has 1 saturated heterocycles. The fraction of sp³-hybridized carbons (Fsp3) is 0.214. The monoisotopic (exact) mass is 481 g/mol. The molecule has 0 atom stereocenters. The smallest absolute Gasteiger partial charge is 0.340 e. The van der Waals surface area contributed by atoms with Gasteiger partial charge in [-0.3, -0.25) is 4.79 Å². The van der Waals surface area contributed by atoms with Gasteiger partial charge in [0.15, 0.2) is 0 Å². The maximum atomic E-state index is 13.3. The first-order valence-corrected chi connectivity index (χ1v) is 12.0. The molecule has 1 aliphatic heterocycles. The van der Waals surface area contributed by atoms with Gasteiger partial charge in [0.25, 0.3) is 5.91 Å². The van der Waals surface area contributed by atoms with E-state index in [1.165, 1.54) is 0 Å². The van der Waals surface area contributed by atoms with E-state index in [1.54, 1.807) is 37.4 Å². The summed E-state index contributed by atoms with van der Waals surface area (Å²) in [5.41, 5.74) is 1.16. The van der Waals surface area contributed by atoms with E-state index in [0.29, 0.717) is 16.8 Å². The van der Waals surface area contributed by atoms with Crippen LogP contribution in [-0.4, -0.2) is 54.6 Å². The summed E-state index contributed by atoms with van der Waals surface area (Å²) in [6, 6.07) is 20.6. The number of amides is 1. The molecule has 182 valence electrons. The molecule has 1 N–H and O–H groups in total. The number of carbonyl (C=O) groups excluding carboxylic acids is 2. The quantitative estimate of drug-likeness (QED) is 0.409. The first-order chi connectivity index (χ1) is 17.7. The van der Waals surface area contributed by atoms with Gasteiger partial charge in [-0.05, 0) is 36.6 Å². The van der Waals surface area contributed by atoms with Gasteiger partial charge >= 0.3 is 5.97 Å². The lowest BCUT2D eigenvalue weighted by Gasteiger charge is -2.36. The van der Waals surface area contributed by atoms with E-state index in [0.717, 1.165) is 48.6 Å². The second kappa shape index (κ2) is 10.4. The zero-order valence-corrected chi connectivity index (χ0v) is 20.1. The highest BCUT2D eigenvalue weighted by Crippen LogP contribution is 2.29. The zero-order valence-electron chi connectivity index (χ0n) is 20.1. The van der Waals surface area contributed by atoms with Crippen LogP contribution >= 0.6 is 0 Å². The molecule has 1 aliphatic rings. The number of pyridine rings is 2. The van der Waals surface area contributed by atoms with Crippen molar-refractivity contribution >= 4 is 40.0 Å². The number of esters is 1. The third kappa shape index (κ3) is 4.70. The third-order valence-electron chi connectivity index (χ3n) is 6.24. The van der Waals surface area contributed by atoms with Crippen molar-refractivity contribution in [2.45, 2.75) is 6.92 Å². The van der Waals surface area contributed by atoms with Crippen LogP contribution in [0, 0.1) is 0 Å². The first kappa shape index (κ1) is 23.3. The van der Waals surface area contributed by atoms with Crippen LogP contribution < -0.4 is 15.1 Å². The second-order valence-corrected chi connectivity index (χ2v) is 8.42. The van der Waals surface area contributed by atoms with Crippen LogP contribution in [0.5, 0.6) is 0 Å². The van der Waals surface area contributed by atoms with Crippen molar-refractivity contribution in [3.8, 4) is 0 Å². The molecule has 0 unspecified atom stereocenters. The number of hydrogen-bond donors (Lipinski definition) is 1. The van der Waals surface area contributed by atoms with Gasteiger partial charge in [-0.2, -0.15) is 0 Å². The molecule has 0 bridgehead atoms. The highest BCUT2D eigenvalue weighted by atomic mass is 16.5. The van der Waals surface area contributed by atoms with Gasteiger partial charge in [-0.1, -0.05) is 42.5 Å². The molecule has 0 spiro atoms. The molecule has 1 amide bonds. The van der Waals surface area contributed by atoms with Gasteiger partial charge in [0, 0.05) is 44.0 Å². The number of aromatic nitrogens is 2. The van der Waals surface area contributed by atoms with Crippen LogP contribution in [0.3, 0.4) is 0 Å². The number of benzene rings is 2. The van der Waals surface area contributed by atoms with E-state index in [-0.39, 0.29) is 12.5 Å². The van der Waals surface area contributed by atoms with Crippen LogP contribution in [0.1, 0.15) is 27.6 Å². The molecule has 8 heteroatoms. The SMILES string of the molecule is CCOC(=O)c1ccccc1NC(=O)c1cnc(N2CCN(c3ccccn3)CC2)c2ccccc12. The lowest BCUT2D eigenvalue weighted by Crippen LogP contribution is -2.47. The van der Waals surface area contributed by atoms with Crippen molar-refractivity contribution in [3.63, 3.8) is 0 Å². The van der Waals surface area contributed by atoms with E-state index in [9.17, 15) is 9.59 Å². The largest absolute Gasteiger partial charge is 0.462 e. The number of piperazine rings is 1. The minimum atomic E-state index is -0.475. The normalized spacial score (nSPS) is 13.5. The molecule has 4 aromatic rings. The van der Waals surface area contributed by atoms with Gasteiger partial charge in [-0.25, -0.2) is 14.8 Å². The maximum absolute atomic E-state index is 13.3. The van der Waals surface area contributed by atoms with Gasteiger partial charge in [0.2, 0.25) is 0 Å². The lowest BCUT2D eigenvalue weighted by molar-refractivity contribution is 0.0527. The van der Waals surface area contributed by atoms with Crippen molar-refractivity contribution in [2.75, 3.05) is 47.9 Å². The number of carbonyl (C=O) groups is 2. The first-order valence-electron chi connectivity index (χ1n) is 12.0. The average molecular weight is 482 g/mol. The van der Waals surface area contributed by atoms with Crippen LogP contribution in [0.4, 0.5) is 17.3 Å². The predicted octanol–water partition coefficient (Wildman–Crippen LogP) is 4.39. The number of nitrogens with one attached hydrogen (secondary N) is 1. The van der Waals surface area contributed by atoms with Gasteiger partial charge in [0.05, 0.1) is 23.4 Å². The van der Waals surface area contributed by atoms with Crippen molar-refractivity contribution in [1.82, 2.24) is 9.97 Å². The molecule has 0 saturated carbocycles. The molecular weight excluding hydrogens is 454 g/mol. The molecule has 2 aromatic carbocycles. The van der Waals surface area contributed by atoms with Crippen LogP contribution in [0.15, 0.2) is 79.1 Å². The minimum Gasteiger partial charge on any atom is -0.462 e. The summed E-state index contributed by atoms with van der Waals surface area (Å²) >= 11 is 0. The summed E-state index contributed by atoms with van der Waals surface area (Å²) in [4.78, 5) is 39.3. The maximum Gasteiger partial charge on any atom is 0.340 e. The molecule has 2 aromatic heterocycles. The van der Waals surface area contributed by atoms with Crippen molar-refractivity contribution in [3.05, 3.63) is 90.3 Å². The third-order valence-corrected chi connectivity index (χ3v) is 6.24. The molecule has 36 heavy (non-hydrogen) atoms. The molecule has 1 fully saturated rings. The second-order valence-electron chi connectivity index (χ2n) is 8.42. The Morgan fingerprint density at radius 2 is 1.53 bits per heavy atom. The lowest BCUT2D eigenvalue weighted by atomic mass is 10.1. The number of para-hydroxylation sites is 1. The van der Waals surface area contributed by atoms with Crippen LogP contribution in [0.25, 0.3) is 10.8 Å². The Bertz CT molecular complexity index is 1380. The molecule has 3 heterocycles. The van der Waals surface area contributed by atoms with E-state index in [2.05, 4.69) is 20.1 Å². The molecular formula is C28H27N5O3. The minimum absolute atomic E-state index is 0.257. The van der Waals surface area contributed by atoms with E-state index >= 15 is 0 Å². The number of fused-ring (bicyclic) bond motifs is 1.